The number of nitrogens with zero attached hydrogens (tertiary/aromatic N) is 1. The molecule has 114 valence electrons. The average Bonchev–Trinajstić information content (AvgIpc) is 2.34. The Hall–Kier alpha value is -2.14. The van der Waals surface area contributed by atoms with Crippen LogP contribution < -0.4 is 5.32 Å². The molecule has 0 radical (unpaired) electrons. The highest BCUT2D eigenvalue weighted by atomic mass is 16.4. The van der Waals surface area contributed by atoms with Gasteiger partial charge in [-0.05, 0) is 37.1 Å². The number of aryl methyl sites for hydroxylation is 2. The molecule has 21 heavy (non-hydrogen) atoms. The molecule has 1 aromatic carbocycles. The van der Waals surface area contributed by atoms with E-state index in [1.165, 1.54) is 0 Å². The van der Waals surface area contributed by atoms with Gasteiger partial charge in [0, 0.05) is 18.8 Å². The van der Waals surface area contributed by atoms with Gasteiger partial charge in [-0.2, -0.15) is 0 Å². The molecule has 0 fully saturated rings. The summed E-state index contributed by atoms with van der Waals surface area (Å²) in [6.07, 6.45) is 1.66. The van der Waals surface area contributed by atoms with Gasteiger partial charge in [0.25, 0.3) is 0 Å². The molecule has 0 saturated heterocycles. The van der Waals surface area contributed by atoms with Gasteiger partial charge in [0.15, 0.2) is 0 Å². The second-order valence-electron chi connectivity index (χ2n) is 5.09. The van der Waals surface area contributed by atoms with Crippen molar-refractivity contribution in [3.63, 3.8) is 0 Å². The van der Waals surface area contributed by atoms with E-state index < -0.39 is 5.97 Å². The van der Waals surface area contributed by atoms with Gasteiger partial charge < -0.3 is 10.4 Å². The molecule has 5 nitrogen and oxygen atoms in total. The SMILES string of the molecule is C=CCN(CCC(=O)O)CC(=O)Nc1cc(C)cc(C)c1. The summed E-state index contributed by atoms with van der Waals surface area (Å²) in [6.45, 7) is 8.51. The number of anilines is 1. The Kier molecular flexibility index (Phi) is 6.62. The molecule has 0 unspecified atom stereocenters. The Morgan fingerprint density at radius 2 is 1.90 bits per heavy atom. The normalized spacial score (nSPS) is 10.4. The summed E-state index contributed by atoms with van der Waals surface area (Å²) in [5.74, 6) is -1.04. The van der Waals surface area contributed by atoms with Gasteiger partial charge >= 0.3 is 5.97 Å². The topological polar surface area (TPSA) is 69.6 Å². The molecule has 1 aromatic rings. The van der Waals surface area contributed by atoms with Gasteiger partial charge in [0.1, 0.15) is 0 Å². The number of hydrogen-bond donors (Lipinski definition) is 2. The molecule has 0 atom stereocenters. The maximum Gasteiger partial charge on any atom is 0.304 e. The maximum atomic E-state index is 12.0. The average molecular weight is 290 g/mol. The Labute approximate surface area is 125 Å². The zero-order valence-electron chi connectivity index (χ0n) is 12.6. The van der Waals surface area contributed by atoms with Crippen molar-refractivity contribution in [1.82, 2.24) is 4.90 Å². The number of carboxylic acid groups (broad SMARTS) is 1. The van der Waals surface area contributed by atoms with E-state index in [-0.39, 0.29) is 18.9 Å². The van der Waals surface area contributed by atoms with Crippen LogP contribution in [0.15, 0.2) is 30.9 Å². The van der Waals surface area contributed by atoms with Crippen LogP contribution in [0.25, 0.3) is 0 Å². The first-order valence-corrected chi connectivity index (χ1v) is 6.84. The highest BCUT2D eigenvalue weighted by Gasteiger charge is 2.11. The van der Waals surface area contributed by atoms with Gasteiger partial charge in [0.2, 0.25) is 5.91 Å². The third kappa shape index (κ3) is 6.72. The minimum absolute atomic E-state index is 0.00464. The minimum Gasteiger partial charge on any atom is -0.481 e. The summed E-state index contributed by atoms with van der Waals surface area (Å²) >= 11 is 0. The van der Waals surface area contributed by atoms with E-state index in [2.05, 4.69) is 11.9 Å². The van der Waals surface area contributed by atoms with Gasteiger partial charge in [-0.1, -0.05) is 12.1 Å². The van der Waals surface area contributed by atoms with Crippen molar-refractivity contribution in [2.24, 2.45) is 0 Å². The van der Waals surface area contributed by atoms with Crippen molar-refractivity contribution >= 4 is 17.6 Å². The summed E-state index contributed by atoms with van der Waals surface area (Å²) in [7, 11) is 0. The number of amides is 1. The van der Waals surface area contributed by atoms with Gasteiger partial charge in [0.05, 0.1) is 13.0 Å². The molecule has 0 spiro atoms. The van der Waals surface area contributed by atoms with Gasteiger partial charge in [-0.25, -0.2) is 0 Å². The number of carboxylic acids is 1. The fraction of sp³-hybridized carbons (Fsp3) is 0.375. The molecule has 0 heterocycles. The molecule has 0 aromatic heterocycles. The van der Waals surface area contributed by atoms with Crippen molar-refractivity contribution in [2.45, 2.75) is 20.3 Å². The van der Waals surface area contributed by atoms with Crippen molar-refractivity contribution in [1.29, 1.82) is 0 Å². The molecule has 0 aliphatic heterocycles. The summed E-state index contributed by atoms with van der Waals surface area (Å²) in [5, 5.41) is 11.5. The van der Waals surface area contributed by atoms with E-state index in [9.17, 15) is 9.59 Å². The number of carbonyl (C=O) groups is 2. The fourth-order valence-corrected chi connectivity index (χ4v) is 2.12. The van der Waals surface area contributed by atoms with Crippen LogP contribution in [-0.2, 0) is 9.59 Å². The molecule has 0 aliphatic rings. The lowest BCUT2D eigenvalue weighted by atomic mass is 10.1. The number of benzene rings is 1. The summed E-state index contributed by atoms with van der Waals surface area (Å²) in [5.41, 5.74) is 2.92. The monoisotopic (exact) mass is 290 g/mol. The molecular formula is C16H22N2O3. The lowest BCUT2D eigenvalue weighted by Gasteiger charge is -2.19. The molecule has 5 heteroatoms. The lowest BCUT2D eigenvalue weighted by molar-refractivity contribution is -0.137. The molecular weight excluding hydrogens is 268 g/mol. The first-order valence-electron chi connectivity index (χ1n) is 6.84. The molecule has 0 saturated carbocycles. The second kappa shape index (κ2) is 8.21. The van der Waals surface area contributed by atoms with Crippen molar-refractivity contribution < 1.29 is 14.7 Å². The smallest absolute Gasteiger partial charge is 0.304 e. The Balaban J connectivity index is 2.60. The van der Waals surface area contributed by atoms with Crippen LogP contribution in [0.2, 0.25) is 0 Å². The van der Waals surface area contributed by atoms with E-state index in [0.717, 1.165) is 16.8 Å². The summed E-state index contributed by atoms with van der Waals surface area (Å²) in [4.78, 5) is 24.4. The van der Waals surface area contributed by atoms with Crippen LogP contribution in [0.4, 0.5) is 5.69 Å². The Morgan fingerprint density at radius 1 is 1.29 bits per heavy atom. The minimum atomic E-state index is -0.876. The largest absolute Gasteiger partial charge is 0.481 e. The van der Waals surface area contributed by atoms with E-state index in [4.69, 9.17) is 5.11 Å². The molecule has 1 amide bonds. The third-order valence-corrected chi connectivity index (χ3v) is 2.90. The maximum absolute atomic E-state index is 12.0. The number of hydrogen-bond acceptors (Lipinski definition) is 3. The molecule has 0 aliphatic carbocycles. The van der Waals surface area contributed by atoms with Crippen molar-refractivity contribution in [3.8, 4) is 0 Å². The van der Waals surface area contributed by atoms with Crippen LogP contribution in [0.5, 0.6) is 0 Å². The highest BCUT2D eigenvalue weighted by molar-refractivity contribution is 5.92. The Bertz CT molecular complexity index is 506. The Morgan fingerprint density at radius 3 is 2.43 bits per heavy atom. The van der Waals surface area contributed by atoms with E-state index >= 15 is 0 Å². The predicted octanol–water partition coefficient (Wildman–Crippen LogP) is 2.20. The zero-order chi connectivity index (χ0) is 15.8. The number of carbonyl (C=O) groups excluding carboxylic acids is 1. The molecule has 2 N–H and O–H groups in total. The van der Waals surface area contributed by atoms with Crippen LogP contribution in [-0.4, -0.2) is 41.5 Å². The summed E-state index contributed by atoms with van der Waals surface area (Å²) in [6, 6.07) is 5.84. The second-order valence-corrected chi connectivity index (χ2v) is 5.09. The van der Waals surface area contributed by atoms with Crippen molar-refractivity contribution in [3.05, 3.63) is 42.0 Å². The van der Waals surface area contributed by atoms with Crippen LogP contribution in [0.1, 0.15) is 17.5 Å². The van der Waals surface area contributed by atoms with E-state index in [1.807, 2.05) is 32.0 Å². The standard InChI is InChI=1S/C16H22N2O3/c1-4-6-18(7-5-16(20)21)11-15(19)17-14-9-12(2)8-13(3)10-14/h4,8-10H,1,5-7,11H2,2-3H3,(H,17,19)(H,20,21). The fourth-order valence-electron chi connectivity index (χ4n) is 2.12. The van der Waals surface area contributed by atoms with E-state index in [1.54, 1.807) is 11.0 Å². The molecule has 1 rings (SSSR count). The van der Waals surface area contributed by atoms with Crippen LogP contribution in [0.3, 0.4) is 0 Å². The number of nitrogens with one attached hydrogen (secondary N) is 1. The van der Waals surface area contributed by atoms with Crippen LogP contribution >= 0.6 is 0 Å². The van der Waals surface area contributed by atoms with Crippen LogP contribution in [0, 0.1) is 13.8 Å². The number of aliphatic carboxylic acids is 1. The highest BCUT2D eigenvalue weighted by Crippen LogP contribution is 2.13. The number of rotatable bonds is 8. The zero-order valence-corrected chi connectivity index (χ0v) is 12.6. The summed E-state index contributed by atoms with van der Waals surface area (Å²) < 4.78 is 0. The quantitative estimate of drug-likeness (QED) is 0.720. The van der Waals surface area contributed by atoms with Gasteiger partial charge in [-0.3, -0.25) is 14.5 Å². The third-order valence-electron chi connectivity index (χ3n) is 2.90. The predicted molar refractivity (Wildman–Crippen MR) is 83.4 cm³/mol. The van der Waals surface area contributed by atoms with E-state index in [0.29, 0.717) is 13.1 Å². The van der Waals surface area contributed by atoms with Gasteiger partial charge in [-0.15, -0.1) is 6.58 Å². The molecule has 0 bridgehead atoms. The van der Waals surface area contributed by atoms with Crippen molar-refractivity contribution in [2.75, 3.05) is 25.0 Å². The first kappa shape index (κ1) is 16.9. The lowest BCUT2D eigenvalue weighted by Crippen LogP contribution is -2.35. The first-order chi connectivity index (χ1) is 9.90.